The molecule has 0 bridgehead atoms. The summed E-state index contributed by atoms with van der Waals surface area (Å²) in [6.07, 6.45) is 1.04. The number of ketones is 1. The van der Waals surface area contributed by atoms with Gasteiger partial charge >= 0.3 is 0 Å². The van der Waals surface area contributed by atoms with Crippen LogP contribution in [0.4, 0.5) is 0 Å². The first-order valence-electron chi connectivity index (χ1n) is 7.03. The van der Waals surface area contributed by atoms with Crippen LogP contribution in [0, 0.1) is 5.92 Å². The van der Waals surface area contributed by atoms with Crippen molar-refractivity contribution in [2.75, 3.05) is 0 Å². The maximum Gasteiger partial charge on any atom is 0.193 e. The summed E-state index contributed by atoms with van der Waals surface area (Å²) in [5.41, 5.74) is 9.29. The molecule has 2 nitrogen and oxygen atoms in total. The zero-order valence-corrected chi connectivity index (χ0v) is 12.1. The lowest BCUT2D eigenvalue weighted by Gasteiger charge is -2.07. The summed E-state index contributed by atoms with van der Waals surface area (Å²) >= 11 is 0. The SMILES string of the molecule is CC(C)Cc1ccc(C(=O)c2cccc(CN)c2)cc1. The van der Waals surface area contributed by atoms with Gasteiger partial charge in [-0.05, 0) is 29.5 Å². The van der Waals surface area contributed by atoms with Crippen molar-refractivity contribution < 1.29 is 4.79 Å². The third-order valence-corrected chi connectivity index (χ3v) is 3.28. The molecular weight excluding hydrogens is 246 g/mol. The van der Waals surface area contributed by atoms with E-state index in [-0.39, 0.29) is 5.78 Å². The third-order valence-electron chi connectivity index (χ3n) is 3.28. The largest absolute Gasteiger partial charge is 0.326 e. The van der Waals surface area contributed by atoms with Gasteiger partial charge < -0.3 is 5.73 Å². The van der Waals surface area contributed by atoms with Crippen molar-refractivity contribution in [1.29, 1.82) is 0 Å². The number of carbonyl (C=O) groups excluding carboxylic acids is 1. The molecule has 20 heavy (non-hydrogen) atoms. The fraction of sp³-hybridized carbons (Fsp3) is 0.278. The Hall–Kier alpha value is -1.93. The molecule has 0 aliphatic rings. The van der Waals surface area contributed by atoms with Crippen molar-refractivity contribution in [3.8, 4) is 0 Å². The van der Waals surface area contributed by atoms with Gasteiger partial charge in [-0.25, -0.2) is 0 Å². The van der Waals surface area contributed by atoms with Crippen molar-refractivity contribution >= 4 is 5.78 Å². The molecule has 0 radical (unpaired) electrons. The van der Waals surface area contributed by atoms with Crippen LogP contribution in [0.2, 0.25) is 0 Å². The Bertz CT molecular complexity index is 585. The molecule has 0 fully saturated rings. The van der Waals surface area contributed by atoms with Gasteiger partial charge in [0.2, 0.25) is 0 Å². The van der Waals surface area contributed by atoms with Gasteiger partial charge in [0.15, 0.2) is 5.78 Å². The molecule has 2 heteroatoms. The zero-order chi connectivity index (χ0) is 14.5. The van der Waals surface area contributed by atoms with Gasteiger partial charge in [0, 0.05) is 17.7 Å². The summed E-state index contributed by atoms with van der Waals surface area (Å²) in [6.45, 7) is 4.84. The lowest BCUT2D eigenvalue weighted by atomic mass is 9.98. The number of benzene rings is 2. The first-order chi connectivity index (χ1) is 9.60. The quantitative estimate of drug-likeness (QED) is 0.841. The molecule has 2 N–H and O–H groups in total. The van der Waals surface area contributed by atoms with E-state index in [1.807, 2.05) is 48.5 Å². The molecule has 0 saturated heterocycles. The molecule has 0 spiro atoms. The Kier molecular flexibility index (Phi) is 4.70. The van der Waals surface area contributed by atoms with Crippen molar-refractivity contribution in [3.05, 3.63) is 70.8 Å². The van der Waals surface area contributed by atoms with Crippen molar-refractivity contribution in [2.45, 2.75) is 26.8 Å². The van der Waals surface area contributed by atoms with E-state index >= 15 is 0 Å². The molecular formula is C18H21NO. The number of hydrogen-bond acceptors (Lipinski definition) is 2. The van der Waals surface area contributed by atoms with Crippen LogP contribution in [0.3, 0.4) is 0 Å². The highest BCUT2D eigenvalue weighted by Crippen LogP contribution is 2.14. The fourth-order valence-corrected chi connectivity index (χ4v) is 2.27. The highest BCUT2D eigenvalue weighted by molar-refractivity contribution is 6.09. The van der Waals surface area contributed by atoms with Gasteiger partial charge in [-0.1, -0.05) is 56.3 Å². The van der Waals surface area contributed by atoms with E-state index < -0.39 is 0 Å². The Labute approximate surface area is 120 Å². The minimum atomic E-state index is 0.0522. The Morgan fingerprint density at radius 2 is 1.70 bits per heavy atom. The smallest absolute Gasteiger partial charge is 0.193 e. The molecule has 0 aliphatic carbocycles. The maximum absolute atomic E-state index is 12.4. The van der Waals surface area contributed by atoms with Crippen LogP contribution in [0.5, 0.6) is 0 Å². The summed E-state index contributed by atoms with van der Waals surface area (Å²) in [5.74, 6) is 0.675. The molecule has 0 saturated carbocycles. The predicted octanol–water partition coefficient (Wildman–Crippen LogP) is 3.57. The predicted molar refractivity (Wildman–Crippen MR) is 82.7 cm³/mol. The topological polar surface area (TPSA) is 43.1 Å². The van der Waals surface area contributed by atoms with E-state index in [2.05, 4.69) is 13.8 Å². The van der Waals surface area contributed by atoms with Crippen molar-refractivity contribution in [3.63, 3.8) is 0 Å². The van der Waals surface area contributed by atoms with E-state index in [1.165, 1.54) is 5.56 Å². The maximum atomic E-state index is 12.4. The lowest BCUT2D eigenvalue weighted by molar-refractivity contribution is 0.103. The summed E-state index contributed by atoms with van der Waals surface area (Å²) < 4.78 is 0. The van der Waals surface area contributed by atoms with E-state index in [0.29, 0.717) is 18.0 Å². The molecule has 2 aromatic carbocycles. The molecule has 2 rings (SSSR count). The van der Waals surface area contributed by atoms with Gasteiger partial charge in [0.05, 0.1) is 0 Å². The Balaban J connectivity index is 2.20. The molecule has 104 valence electrons. The summed E-state index contributed by atoms with van der Waals surface area (Å²) in [4.78, 5) is 12.4. The monoisotopic (exact) mass is 267 g/mol. The molecule has 0 atom stereocenters. The van der Waals surface area contributed by atoms with Crippen LogP contribution < -0.4 is 5.73 Å². The van der Waals surface area contributed by atoms with Crippen LogP contribution >= 0.6 is 0 Å². The lowest BCUT2D eigenvalue weighted by Crippen LogP contribution is -2.04. The van der Waals surface area contributed by atoms with E-state index in [4.69, 9.17) is 5.73 Å². The van der Waals surface area contributed by atoms with Crippen LogP contribution in [0.1, 0.15) is 40.9 Å². The molecule has 0 unspecified atom stereocenters. The second-order valence-corrected chi connectivity index (χ2v) is 5.53. The standard InChI is InChI=1S/C18H21NO/c1-13(2)10-14-6-8-16(9-7-14)18(20)17-5-3-4-15(11-17)12-19/h3-9,11,13H,10,12,19H2,1-2H3. The normalized spacial score (nSPS) is 10.8. The fourth-order valence-electron chi connectivity index (χ4n) is 2.27. The third kappa shape index (κ3) is 3.55. The summed E-state index contributed by atoms with van der Waals surface area (Å²) in [5, 5.41) is 0. The highest BCUT2D eigenvalue weighted by atomic mass is 16.1. The minimum absolute atomic E-state index is 0.0522. The van der Waals surface area contributed by atoms with Crippen molar-refractivity contribution in [2.24, 2.45) is 11.7 Å². The molecule has 0 aliphatic heterocycles. The first kappa shape index (κ1) is 14.5. The highest BCUT2D eigenvalue weighted by Gasteiger charge is 2.09. The summed E-state index contributed by atoms with van der Waals surface area (Å²) in [6, 6.07) is 15.4. The minimum Gasteiger partial charge on any atom is -0.326 e. The number of nitrogens with two attached hydrogens (primary N) is 1. The van der Waals surface area contributed by atoms with Crippen LogP contribution in [-0.4, -0.2) is 5.78 Å². The average molecular weight is 267 g/mol. The number of hydrogen-bond donors (Lipinski definition) is 1. The average Bonchev–Trinajstić information content (AvgIpc) is 2.47. The number of carbonyl (C=O) groups is 1. The molecule has 0 heterocycles. The van der Waals surface area contributed by atoms with Crippen molar-refractivity contribution in [1.82, 2.24) is 0 Å². The van der Waals surface area contributed by atoms with E-state index in [1.54, 1.807) is 0 Å². The van der Waals surface area contributed by atoms with Gasteiger partial charge in [-0.2, -0.15) is 0 Å². The van der Waals surface area contributed by atoms with E-state index in [0.717, 1.165) is 17.5 Å². The van der Waals surface area contributed by atoms with Crippen LogP contribution in [0.25, 0.3) is 0 Å². The van der Waals surface area contributed by atoms with Gasteiger partial charge in [-0.15, -0.1) is 0 Å². The van der Waals surface area contributed by atoms with Crippen LogP contribution in [-0.2, 0) is 13.0 Å². The van der Waals surface area contributed by atoms with Crippen LogP contribution in [0.15, 0.2) is 48.5 Å². The Morgan fingerprint density at radius 1 is 1.00 bits per heavy atom. The van der Waals surface area contributed by atoms with Gasteiger partial charge in [0.1, 0.15) is 0 Å². The van der Waals surface area contributed by atoms with Gasteiger partial charge in [0.25, 0.3) is 0 Å². The van der Waals surface area contributed by atoms with Gasteiger partial charge in [-0.3, -0.25) is 4.79 Å². The van der Waals surface area contributed by atoms with E-state index in [9.17, 15) is 4.79 Å². The number of rotatable bonds is 5. The second-order valence-electron chi connectivity index (χ2n) is 5.53. The zero-order valence-electron chi connectivity index (χ0n) is 12.1. The first-order valence-corrected chi connectivity index (χ1v) is 7.03. The molecule has 0 amide bonds. The molecule has 0 aromatic heterocycles. The summed E-state index contributed by atoms with van der Waals surface area (Å²) in [7, 11) is 0. The Morgan fingerprint density at radius 3 is 2.30 bits per heavy atom. The molecule has 2 aromatic rings. The second kappa shape index (κ2) is 6.49.